The summed E-state index contributed by atoms with van der Waals surface area (Å²) in [5.41, 5.74) is 3.10. The molecule has 0 N–H and O–H groups in total. The molecule has 3 aromatic rings. The normalized spacial score (nSPS) is 10.8. The highest BCUT2D eigenvalue weighted by Crippen LogP contribution is 2.23. The molecule has 0 amide bonds. The molecule has 18 heavy (non-hydrogen) atoms. The van der Waals surface area contributed by atoms with Crippen LogP contribution in [-0.2, 0) is 0 Å². The number of hydrogen-bond acceptors (Lipinski definition) is 2. The van der Waals surface area contributed by atoms with Crippen LogP contribution in [0, 0.1) is 0 Å². The predicted molar refractivity (Wildman–Crippen MR) is 74.9 cm³/mol. The maximum Gasteiger partial charge on any atom is 0.118 e. The number of pyridine rings is 1. The van der Waals surface area contributed by atoms with E-state index in [4.69, 9.17) is 4.74 Å². The Morgan fingerprint density at radius 1 is 1.11 bits per heavy atom. The lowest BCUT2D eigenvalue weighted by Gasteiger charge is -1.99. The van der Waals surface area contributed by atoms with Crippen LogP contribution in [0.2, 0.25) is 0 Å². The second kappa shape index (κ2) is 4.46. The van der Waals surface area contributed by atoms with E-state index >= 15 is 0 Å². The molecule has 4 heteroatoms. The van der Waals surface area contributed by atoms with Crippen molar-refractivity contribution in [1.29, 1.82) is 0 Å². The molecule has 3 nitrogen and oxygen atoms in total. The Kier molecular flexibility index (Phi) is 2.80. The fraction of sp³-hybridized carbons (Fsp3) is 0.0714. The Bertz CT molecular complexity index is 689. The number of fused-ring (bicyclic) bond motifs is 1. The second-order valence-electron chi connectivity index (χ2n) is 3.97. The largest absolute Gasteiger partial charge is 0.497 e. The van der Waals surface area contributed by atoms with Crippen molar-refractivity contribution < 1.29 is 4.74 Å². The van der Waals surface area contributed by atoms with Crippen LogP contribution in [0.15, 0.2) is 53.1 Å². The van der Waals surface area contributed by atoms with Gasteiger partial charge in [0.25, 0.3) is 0 Å². The molecule has 1 aromatic carbocycles. The van der Waals surface area contributed by atoms with Crippen molar-refractivity contribution in [2.45, 2.75) is 0 Å². The van der Waals surface area contributed by atoms with E-state index in [1.54, 1.807) is 7.11 Å². The zero-order valence-corrected chi connectivity index (χ0v) is 11.4. The molecule has 0 bridgehead atoms. The second-order valence-corrected chi connectivity index (χ2v) is 4.89. The molecule has 0 unspecified atom stereocenters. The van der Waals surface area contributed by atoms with Crippen LogP contribution in [0.3, 0.4) is 0 Å². The minimum absolute atomic E-state index is 0.852. The van der Waals surface area contributed by atoms with Gasteiger partial charge in [0.15, 0.2) is 0 Å². The number of ether oxygens (including phenoxy) is 1. The van der Waals surface area contributed by atoms with E-state index in [9.17, 15) is 0 Å². The van der Waals surface area contributed by atoms with Gasteiger partial charge in [-0.15, -0.1) is 0 Å². The van der Waals surface area contributed by atoms with Gasteiger partial charge in [0.1, 0.15) is 5.75 Å². The van der Waals surface area contributed by atoms with Gasteiger partial charge in [-0.25, -0.2) is 4.52 Å². The van der Waals surface area contributed by atoms with Gasteiger partial charge in [0, 0.05) is 16.2 Å². The predicted octanol–water partition coefficient (Wildman–Crippen LogP) is 3.77. The van der Waals surface area contributed by atoms with Gasteiger partial charge in [-0.3, -0.25) is 0 Å². The molecule has 0 aliphatic heterocycles. The lowest BCUT2D eigenvalue weighted by molar-refractivity contribution is 0.415. The van der Waals surface area contributed by atoms with Crippen molar-refractivity contribution in [2.24, 2.45) is 0 Å². The molecule has 0 spiro atoms. The molecule has 0 saturated heterocycles. The fourth-order valence-electron chi connectivity index (χ4n) is 1.87. The smallest absolute Gasteiger partial charge is 0.118 e. The number of rotatable bonds is 2. The Hall–Kier alpha value is -1.81. The maximum absolute atomic E-state index is 5.15. The third-order valence-corrected chi connectivity index (χ3v) is 3.30. The van der Waals surface area contributed by atoms with Crippen LogP contribution in [0.25, 0.3) is 16.8 Å². The topological polar surface area (TPSA) is 26.5 Å². The number of aromatic nitrogens is 2. The average molecular weight is 303 g/mol. The van der Waals surface area contributed by atoms with E-state index in [2.05, 4.69) is 27.1 Å². The van der Waals surface area contributed by atoms with Gasteiger partial charge in [-0.1, -0.05) is 15.9 Å². The summed E-state index contributed by atoms with van der Waals surface area (Å²) < 4.78 is 8.07. The summed E-state index contributed by atoms with van der Waals surface area (Å²) in [5.74, 6) is 0.852. The molecule has 90 valence electrons. The first-order valence-electron chi connectivity index (χ1n) is 5.55. The van der Waals surface area contributed by atoms with E-state index in [0.717, 1.165) is 27.0 Å². The van der Waals surface area contributed by atoms with Crippen molar-refractivity contribution in [3.05, 3.63) is 53.1 Å². The first kappa shape index (κ1) is 11.3. The molecule has 0 saturated carbocycles. The summed E-state index contributed by atoms with van der Waals surface area (Å²) in [4.78, 5) is 0. The zero-order chi connectivity index (χ0) is 12.5. The summed E-state index contributed by atoms with van der Waals surface area (Å²) >= 11 is 3.46. The molecule has 0 aliphatic rings. The average Bonchev–Trinajstić information content (AvgIpc) is 2.81. The molecular formula is C14H11BrN2O. The highest BCUT2D eigenvalue weighted by molar-refractivity contribution is 9.10. The molecule has 0 atom stereocenters. The van der Waals surface area contributed by atoms with Crippen LogP contribution >= 0.6 is 15.9 Å². The van der Waals surface area contributed by atoms with Gasteiger partial charge in [-0.2, -0.15) is 5.10 Å². The number of halogens is 1. The third kappa shape index (κ3) is 1.99. The first-order valence-corrected chi connectivity index (χ1v) is 6.35. The molecule has 0 aliphatic carbocycles. The van der Waals surface area contributed by atoms with Crippen LogP contribution < -0.4 is 4.74 Å². The van der Waals surface area contributed by atoms with Crippen molar-refractivity contribution in [2.75, 3.05) is 7.11 Å². The van der Waals surface area contributed by atoms with E-state index in [-0.39, 0.29) is 0 Å². The van der Waals surface area contributed by atoms with E-state index in [1.165, 1.54) is 0 Å². The fourth-order valence-corrected chi connectivity index (χ4v) is 2.22. The van der Waals surface area contributed by atoms with Crippen molar-refractivity contribution in [1.82, 2.24) is 9.61 Å². The van der Waals surface area contributed by atoms with E-state index in [1.807, 2.05) is 47.1 Å². The monoisotopic (exact) mass is 302 g/mol. The minimum Gasteiger partial charge on any atom is -0.497 e. The van der Waals surface area contributed by atoms with Gasteiger partial charge in [0.2, 0.25) is 0 Å². The Morgan fingerprint density at radius 3 is 2.61 bits per heavy atom. The van der Waals surface area contributed by atoms with Gasteiger partial charge < -0.3 is 4.74 Å². The summed E-state index contributed by atoms with van der Waals surface area (Å²) in [7, 11) is 1.66. The SMILES string of the molecule is COc1ccc(-c2cc3cc(Br)ccn3n2)cc1. The molecular weight excluding hydrogens is 292 g/mol. The zero-order valence-electron chi connectivity index (χ0n) is 9.80. The van der Waals surface area contributed by atoms with Crippen LogP contribution in [-0.4, -0.2) is 16.7 Å². The summed E-state index contributed by atoms with van der Waals surface area (Å²) in [6.45, 7) is 0. The number of benzene rings is 1. The Balaban J connectivity index is 2.07. The first-order chi connectivity index (χ1) is 8.76. The van der Waals surface area contributed by atoms with Gasteiger partial charge in [0.05, 0.1) is 18.3 Å². The highest BCUT2D eigenvalue weighted by atomic mass is 79.9. The minimum atomic E-state index is 0.852. The number of methoxy groups -OCH3 is 1. The summed E-state index contributed by atoms with van der Waals surface area (Å²) in [6, 6.07) is 14.0. The summed E-state index contributed by atoms with van der Waals surface area (Å²) in [5, 5.41) is 4.53. The number of hydrogen-bond donors (Lipinski definition) is 0. The summed E-state index contributed by atoms with van der Waals surface area (Å²) in [6.07, 6.45) is 1.94. The van der Waals surface area contributed by atoms with Crippen LogP contribution in [0.4, 0.5) is 0 Å². The highest BCUT2D eigenvalue weighted by Gasteiger charge is 2.04. The van der Waals surface area contributed by atoms with Gasteiger partial charge in [-0.05, 0) is 42.5 Å². The molecule has 2 heterocycles. The van der Waals surface area contributed by atoms with E-state index < -0.39 is 0 Å². The molecule has 3 rings (SSSR count). The molecule has 0 fully saturated rings. The van der Waals surface area contributed by atoms with Gasteiger partial charge >= 0.3 is 0 Å². The molecule has 0 radical (unpaired) electrons. The van der Waals surface area contributed by atoms with Crippen LogP contribution in [0.1, 0.15) is 0 Å². The van der Waals surface area contributed by atoms with Crippen molar-refractivity contribution >= 4 is 21.4 Å². The number of nitrogens with zero attached hydrogens (tertiary/aromatic N) is 2. The lowest BCUT2D eigenvalue weighted by Crippen LogP contribution is -1.86. The molecule has 2 aromatic heterocycles. The van der Waals surface area contributed by atoms with Crippen molar-refractivity contribution in [3.63, 3.8) is 0 Å². The Labute approximate surface area is 113 Å². The Morgan fingerprint density at radius 2 is 1.89 bits per heavy atom. The lowest BCUT2D eigenvalue weighted by atomic mass is 10.1. The third-order valence-electron chi connectivity index (χ3n) is 2.81. The van der Waals surface area contributed by atoms with E-state index in [0.29, 0.717) is 0 Å². The maximum atomic E-state index is 5.15. The quantitative estimate of drug-likeness (QED) is 0.720. The van der Waals surface area contributed by atoms with Crippen molar-refractivity contribution in [3.8, 4) is 17.0 Å². The van der Waals surface area contributed by atoms with Crippen LogP contribution in [0.5, 0.6) is 5.75 Å². The standard InChI is InChI=1S/C14H11BrN2O/c1-18-13-4-2-10(3-5-13)14-9-12-8-11(15)6-7-17(12)16-14/h2-9H,1H3.